The fourth-order valence-electron chi connectivity index (χ4n) is 1.36. The highest BCUT2D eigenvalue weighted by molar-refractivity contribution is 5.43. The Morgan fingerprint density at radius 3 is 2.57 bits per heavy atom. The van der Waals surface area contributed by atoms with Crippen LogP contribution < -0.4 is 5.32 Å². The van der Waals surface area contributed by atoms with Crippen LogP contribution in [0.3, 0.4) is 0 Å². The Balaban J connectivity index is 3.14. The Kier molecular flexibility index (Phi) is 3.41. The van der Waals surface area contributed by atoms with Crippen LogP contribution in [0.15, 0.2) is 12.1 Å². The monoisotopic (exact) mass is 201 g/mol. The summed E-state index contributed by atoms with van der Waals surface area (Å²) in [5.41, 5.74) is 0.932. The highest BCUT2D eigenvalue weighted by Gasteiger charge is 2.15. The van der Waals surface area contributed by atoms with Crippen LogP contribution in [-0.2, 0) is 6.54 Å². The number of phenolic OH excluding ortho intramolecular Hbond substituents is 1. The van der Waals surface area contributed by atoms with Gasteiger partial charge in [0.2, 0.25) is 0 Å². The Hall–Kier alpha value is -1.16. The first kappa shape index (κ1) is 10.9. The summed E-state index contributed by atoms with van der Waals surface area (Å²) in [5.74, 6) is -0.306. The third kappa shape index (κ3) is 2.20. The van der Waals surface area contributed by atoms with Crippen molar-refractivity contribution in [1.29, 1.82) is 0 Å². The van der Waals surface area contributed by atoms with E-state index in [1.165, 1.54) is 6.07 Å². The number of aryl methyl sites for hydroxylation is 1. The van der Waals surface area contributed by atoms with E-state index in [-0.39, 0.29) is 11.3 Å². The van der Waals surface area contributed by atoms with Gasteiger partial charge < -0.3 is 10.4 Å². The van der Waals surface area contributed by atoms with Crippen LogP contribution in [0.1, 0.15) is 23.1 Å². The van der Waals surface area contributed by atoms with Crippen LogP contribution in [0.4, 0.5) is 8.78 Å². The molecular weight excluding hydrogens is 188 g/mol. The smallest absolute Gasteiger partial charge is 0.267 e. The number of nitrogens with one attached hydrogen (secondary N) is 1. The van der Waals surface area contributed by atoms with Crippen molar-refractivity contribution in [1.82, 2.24) is 5.32 Å². The molecule has 1 aromatic carbocycles. The van der Waals surface area contributed by atoms with E-state index in [9.17, 15) is 13.9 Å². The molecule has 0 aliphatic heterocycles. The molecule has 0 saturated carbocycles. The lowest BCUT2D eigenvalue weighted by atomic mass is 10.0. The summed E-state index contributed by atoms with van der Waals surface area (Å²) >= 11 is 0. The zero-order valence-electron chi connectivity index (χ0n) is 8.14. The van der Waals surface area contributed by atoms with Gasteiger partial charge in [-0.1, -0.05) is 6.07 Å². The maximum absolute atomic E-state index is 12.4. The number of hydrogen-bond acceptors (Lipinski definition) is 2. The number of alkyl halides is 2. The topological polar surface area (TPSA) is 32.3 Å². The van der Waals surface area contributed by atoms with E-state index in [0.717, 1.165) is 5.56 Å². The van der Waals surface area contributed by atoms with Crippen molar-refractivity contribution in [2.24, 2.45) is 0 Å². The molecule has 14 heavy (non-hydrogen) atoms. The number of benzene rings is 1. The molecule has 0 saturated heterocycles. The molecule has 2 nitrogen and oxygen atoms in total. The second kappa shape index (κ2) is 4.37. The predicted octanol–water partition coefficient (Wildman–Crippen LogP) is 2.36. The van der Waals surface area contributed by atoms with Gasteiger partial charge in [0.15, 0.2) is 0 Å². The largest absolute Gasteiger partial charge is 0.507 e. The van der Waals surface area contributed by atoms with E-state index in [2.05, 4.69) is 5.32 Å². The van der Waals surface area contributed by atoms with Crippen molar-refractivity contribution in [3.63, 3.8) is 0 Å². The van der Waals surface area contributed by atoms with Crippen molar-refractivity contribution >= 4 is 0 Å². The van der Waals surface area contributed by atoms with Gasteiger partial charge in [0.1, 0.15) is 5.75 Å². The van der Waals surface area contributed by atoms with Crippen LogP contribution in [0.2, 0.25) is 0 Å². The van der Waals surface area contributed by atoms with E-state index in [0.29, 0.717) is 12.1 Å². The summed E-state index contributed by atoms with van der Waals surface area (Å²) in [5, 5.41) is 12.2. The van der Waals surface area contributed by atoms with Gasteiger partial charge in [0.05, 0.1) is 5.56 Å². The van der Waals surface area contributed by atoms with Crippen molar-refractivity contribution in [3.05, 3.63) is 28.8 Å². The maximum Gasteiger partial charge on any atom is 0.267 e. The maximum atomic E-state index is 12.4. The fourth-order valence-corrected chi connectivity index (χ4v) is 1.36. The third-order valence-corrected chi connectivity index (χ3v) is 2.01. The lowest BCUT2D eigenvalue weighted by molar-refractivity contribution is 0.147. The number of aromatic hydroxyl groups is 1. The molecular formula is C10H13F2NO. The van der Waals surface area contributed by atoms with E-state index >= 15 is 0 Å². The van der Waals surface area contributed by atoms with Gasteiger partial charge in [-0.15, -0.1) is 0 Å². The van der Waals surface area contributed by atoms with E-state index in [4.69, 9.17) is 0 Å². The quantitative estimate of drug-likeness (QED) is 0.786. The van der Waals surface area contributed by atoms with E-state index in [1.54, 1.807) is 20.0 Å². The van der Waals surface area contributed by atoms with Crippen LogP contribution >= 0.6 is 0 Å². The van der Waals surface area contributed by atoms with Crippen molar-refractivity contribution in [2.45, 2.75) is 19.9 Å². The normalized spacial score (nSPS) is 10.9. The van der Waals surface area contributed by atoms with Gasteiger partial charge in [-0.25, -0.2) is 8.78 Å². The van der Waals surface area contributed by atoms with Gasteiger partial charge in [-0.3, -0.25) is 0 Å². The SMILES string of the molecule is CNCc1cc(C)c(O)c(C(F)F)c1. The molecule has 0 aliphatic rings. The molecule has 0 atom stereocenters. The summed E-state index contributed by atoms with van der Waals surface area (Å²) in [6, 6.07) is 3.02. The van der Waals surface area contributed by atoms with Crippen LogP contribution in [0.25, 0.3) is 0 Å². The molecule has 0 bridgehead atoms. The van der Waals surface area contributed by atoms with Crippen molar-refractivity contribution in [3.8, 4) is 5.75 Å². The molecule has 0 fully saturated rings. The third-order valence-electron chi connectivity index (χ3n) is 2.01. The predicted molar refractivity (Wildman–Crippen MR) is 50.6 cm³/mol. The molecule has 2 N–H and O–H groups in total. The lowest BCUT2D eigenvalue weighted by Gasteiger charge is -2.09. The van der Waals surface area contributed by atoms with Gasteiger partial charge in [0.25, 0.3) is 6.43 Å². The minimum Gasteiger partial charge on any atom is -0.507 e. The molecule has 0 aliphatic carbocycles. The molecule has 0 heterocycles. The van der Waals surface area contributed by atoms with E-state index in [1.807, 2.05) is 0 Å². The van der Waals surface area contributed by atoms with Crippen LogP contribution in [0, 0.1) is 6.92 Å². The fraction of sp³-hybridized carbons (Fsp3) is 0.400. The number of phenols is 1. The minimum absolute atomic E-state index is 0.296. The zero-order chi connectivity index (χ0) is 10.7. The number of halogens is 2. The molecule has 0 spiro atoms. The van der Waals surface area contributed by atoms with Gasteiger partial charge in [-0.2, -0.15) is 0 Å². The molecule has 4 heteroatoms. The van der Waals surface area contributed by atoms with E-state index < -0.39 is 6.43 Å². The summed E-state index contributed by atoms with van der Waals surface area (Å²) in [6.45, 7) is 2.13. The molecule has 0 radical (unpaired) electrons. The lowest BCUT2D eigenvalue weighted by Crippen LogP contribution is -2.06. The molecule has 1 aromatic rings. The average Bonchev–Trinajstić information content (AvgIpc) is 2.11. The Morgan fingerprint density at radius 1 is 1.43 bits per heavy atom. The highest BCUT2D eigenvalue weighted by Crippen LogP contribution is 2.31. The van der Waals surface area contributed by atoms with Crippen molar-refractivity contribution in [2.75, 3.05) is 7.05 Å². The molecule has 0 amide bonds. The van der Waals surface area contributed by atoms with Gasteiger partial charge in [-0.05, 0) is 31.2 Å². The van der Waals surface area contributed by atoms with Gasteiger partial charge >= 0.3 is 0 Å². The van der Waals surface area contributed by atoms with Crippen LogP contribution in [-0.4, -0.2) is 12.2 Å². The Morgan fingerprint density at radius 2 is 2.07 bits per heavy atom. The summed E-state index contributed by atoms with van der Waals surface area (Å²) in [7, 11) is 1.74. The summed E-state index contributed by atoms with van der Waals surface area (Å²) in [6.07, 6.45) is -2.63. The van der Waals surface area contributed by atoms with Crippen LogP contribution in [0.5, 0.6) is 5.75 Å². The zero-order valence-corrected chi connectivity index (χ0v) is 8.14. The molecule has 1 rings (SSSR count). The number of rotatable bonds is 3. The first-order chi connectivity index (χ1) is 6.56. The summed E-state index contributed by atoms with van der Waals surface area (Å²) < 4.78 is 24.9. The Labute approximate surface area is 81.6 Å². The molecule has 0 aromatic heterocycles. The first-order valence-electron chi connectivity index (χ1n) is 4.31. The average molecular weight is 201 g/mol. The molecule has 78 valence electrons. The Bertz CT molecular complexity index is 326. The molecule has 0 unspecified atom stereocenters. The highest BCUT2D eigenvalue weighted by atomic mass is 19.3. The minimum atomic E-state index is -2.63. The standard InChI is InChI=1S/C10H13F2NO/c1-6-3-7(5-13-2)4-8(9(6)14)10(11)12/h3-4,10,13-14H,5H2,1-2H3. The summed E-state index contributed by atoms with van der Waals surface area (Å²) in [4.78, 5) is 0. The first-order valence-corrected chi connectivity index (χ1v) is 4.31. The van der Waals surface area contributed by atoms with Crippen molar-refractivity contribution < 1.29 is 13.9 Å². The van der Waals surface area contributed by atoms with Gasteiger partial charge in [0, 0.05) is 6.54 Å². The second-order valence-electron chi connectivity index (χ2n) is 3.18. The second-order valence-corrected chi connectivity index (χ2v) is 3.18. The number of hydrogen-bond donors (Lipinski definition) is 2.